The van der Waals surface area contributed by atoms with Gasteiger partial charge in [0.05, 0.1) is 6.26 Å². The molecule has 2 rings (SSSR count). The molecule has 25 heavy (non-hydrogen) atoms. The van der Waals surface area contributed by atoms with Gasteiger partial charge in [-0.05, 0) is 66.4 Å². The number of thiophene rings is 1. The van der Waals surface area contributed by atoms with Crippen molar-refractivity contribution in [3.63, 3.8) is 0 Å². The summed E-state index contributed by atoms with van der Waals surface area (Å²) >= 11 is 1.72. The highest BCUT2D eigenvalue weighted by molar-refractivity contribution is 7.92. The minimum Gasteiger partial charge on any atom is -0.489 e. The standard InChI is InChI=1S/C18H26N2O3S2/c1-4-17(12-19-14(2)11-15-9-10-24-13-15)23-18-7-5-16(6-8-18)20-25(3,21)22/h5-10,13-14,17,19-20H,4,11-12H2,1-3H3. The van der Waals surface area contributed by atoms with Gasteiger partial charge in [0.15, 0.2) is 0 Å². The monoisotopic (exact) mass is 382 g/mol. The molecule has 0 amide bonds. The Morgan fingerprint density at radius 2 is 1.92 bits per heavy atom. The molecule has 0 aliphatic carbocycles. The molecule has 2 aromatic rings. The normalized spacial score (nSPS) is 14.0. The van der Waals surface area contributed by atoms with E-state index in [9.17, 15) is 8.42 Å². The fraction of sp³-hybridized carbons (Fsp3) is 0.444. The molecule has 138 valence electrons. The second kappa shape index (κ2) is 9.22. The topological polar surface area (TPSA) is 67.4 Å². The molecule has 0 radical (unpaired) electrons. The summed E-state index contributed by atoms with van der Waals surface area (Å²) in [6.45, 7) is 5.04. The molecule has 0 aliphatic heterocycles. The van der Waals surface area contributed by atoms with Crippen molar-refractivity contribution in [3.05, 3.63) is 46.7 Å². The van der Waals surface area contributed by atoms with Gasteiger partial charge in [0.1, 0.15) is 11.9 Å². The van der Waals surface area contributed by atoms with Crippen molar-refractivity contribution in [3.8, 4) is 5.75 Å². The number of hydrogen-bond acceptors (Lipinski definition) is 5. The highest BCUT2D eigenvalue weighted by Crippen LogP contribution is 2.18. The van der Waals surface area contributed by atoms with Crippen LogP contribution in [-0.4, -0.2) is 33.4 Å². The van der Waals surface area contributed by atoms with Crippen molar-refractivity contribution in [2.24, 2.45) is 0 Å². The van der Waals surface area contributed by atoms with E-state index in [1.54, 1.807) is 35.6 Å². The van der Waals surface area contributed by atoms with Gasteiger partial charge in [-0.2, -0.15) is 11.3 Å². The van der Waals surface area contributed by atoms with Crippen LogP contribution in [0.25, 0.3) is 0 Å². The molecule has 5 nitrogen and oxygen atoms in total. The molecule has 0 saturated heterocycles. The van der Waals surface area contributed by atoms with Gasteiger partial charge < -0.3 is 10.1 Å². The SMILES string of the molecule is CCC(CNC(C)Cc1ccsc1)Oc1ccc(NS(C)(=O)=O)cc1. The summed E-state index contributed by atoms with van der Waals surface area (Å²) in [5.41, 5.74) is 1.89. The zero-order valence-electron chi connectivity index (χ0n) is 14.9. The minimum atomic E-state index is -3.26. The van der Waals surface area contributed by atoms with E-state index in [2.05, 4.69) is 40.7 Å². The maximum Gasteiger partial charge on any atom is 0.229 e. The molecule has 2 atom stereocenters. The van der Waals surface area contributed by atoms with E-state index in [1.807, 2.05) is 0 Å². The van der Waals surface area contributed by atoms with Gasteiger partial charge in [0.25, 0.3) is 0 Å². The summed E-state index contributed by atoms with van der Waals surface area (Å²) in [6.07, 6.45) is 3.10. The molecule has 0 spiro atoms. The molecule has 7 heteroatoms. The molecule has 0 bridgehead atoms. The lowest BCUT2D eigenvalue weighted by molar-refractivity contribution is 0.189. The van der Waals surface area contributed by atoms with Crippen LogP contribution in [0.3, 0.4) is 0 Å². The first-order chi connectivity index (χ1) is 11.9. The predicted molar refractivity (Wildman–Crippen MR) is 105 cm³/mol. The average Bonchev–Trinajstić information content (AvgIpc) is 3.04. The first-order valence-electron chi connectivity index (χ1n) is 8.34. The summed E-state index contributed by atoms with van der Waals surface area (Å²) < 4.78 is 30.9. The zero-order valence-corrected chi connectivity index (χ0v) is 16.5. The Labute approximate surface area is 154 Å². The van der Waals surface area contributed by atoms with Gasteiger partial charge in [-0.25, -0.2) is 8.42 Å². The van der Waals surface area contributed by atoms with E-state index in [4.69, 9.17) is 4.74 Å². The Hall–Kier alpha value is -1.57. The third kappa shape index (κ3) is 7.46. The Morgan fingerprint density at radius 1 is 1.20 bits per heavy atom. The highest BCUT2D eigenvalue weighted by Gasteiger charge is 2.11. The number of rotatable bonds is 10. The van der Waals surface area contributed by atoms with Crippen LogP contribution in [0.1, 0.15) is 25.8 Å². The van der Waals surface area contributed by atoms with Crippen LogP contribution < -0.4 is 14.8 Å². The van der Waals surface area contributed by atoms with Crippen molar-refractivity contribution in [2.45, 2.75) is 38.8 Å². The first-order valence-corrected chi connectivity index (χ1v) is 11.2. The molecular formula is C18H26N2O3S2. The van der Waals surface area contributed by atoms with Gasteiger partial charge in [0.2, 0.25) is 10.0 Å². The summed E-state index contributed by atoms with van der Waals surface area (Å²) in [6, 6.07) is 9.51. The lowest BCUT2D eigenvalue weighted by Gasteiger charge is -2.21. The molecule has 1 aromatic heterocycles. The smallest absolute Gasteiger partial charge is 0.229 e. The van der Waals surface area contributed by atoms with Crippen molar-refractivity contribution >= 4 is 27.0 Å². The largest absolute Gasteiger partial charge is 0.489 e. The number of sulfonamides is 1. The number of nitrogens with one attached hydrogen (secondary N) is 2. The average molecular weight is 383 g/mol. The third-order valence-electron chi connectivity index (χ3n) is 3.73. The van der Waals surface area contributed by atoms with Gasteiger partial charge in [-0.15, -0.1) is 0 Å². The van der Waals surface area contributed by atoms with Gasteiger partial charge in [0, 0.05) is 18.3 Å². The molecule has 0 fully saturated rings. The molecule has 2 N–H and O–H groups in total. The van der Waals surface area contributed by atoms with Crippen molar-refractivity contribution in [1.29, 1.82) is 0 Å². The van der Waals surface area contributed by atoms with Crippen LogP contribution >= 0.6 is 11.3 Å². The predicted octanol–water partition coefficient (Wildman–Crippen LogP) is 3.50. The van der Waals surface area contributed by atoms with Gasteiger partial charge in [-0.1, -0.05) is 6.92 Å². The van der Waals surface area contributed by atoms with Crippen LogP contribution in [0.2, 0.25) is 0 Å². The number of anilines is 1. The second-order valence-electron chi connectivity index (χ2n) is 6.19. The fourth-order valence-corrected chi connectivity index (χ4v) is 3.69. The quantitative estimate of drug-likeness (QED) is 0.660. The maximum absolute atomic E-state index is 11.2. The zero-order chi connectivity index (χ0) is 18.3. The van der Waals surface area contributed by atoms with Crippen LogP contribution in [0.4, 0.5) is 5.69 Å². The maximum atomic E-state index is 11.2. The molecule has 1 aromatic carbocycles. The number of ether oxygens (including phenoxy) is 1. The third-order valence-corrected chi connectivity index (χ3v) is 5.07. The summed E-state index contributed by atoms with van der Waals surface area (Å²) in [7, 11) is -3.26. The molecule has 0 aliphatic rings. The van der Waals surface area contributed by atoms with Crippen molar-refractivity contribution in [1.82, 2.24) is 5.32 Å². The van der Waals surface area contributed by atoms with Gasteiger partial charge >= 0.3 is 0 Å². The Balaban J connectivity index is 1.82. The highest BCUT2D eigenvalue weighted by atomic mass is 32.2. The van der Waals surface area contributed by atoms with Crippen LogP contribution in [0.15, 0.2) is 41.1 Å². The fourth-order valence-electron chi connectivity index (χ4n) is 2.44. The van der Waals surface area contributed by atoms with Crippen LogP contribution in [0, 0.1) is 0 Å². The summed E-state index contributed by atoms with van der Waals surface area (Å²) in [5.74, 6) is 0.734. The van der Waals surface area contributed by atoms with E-state index in [-0.39, 0.29) is 6.10 Å². The van der Waals surface area contributed by atoms with Crippen LogP contribution in [-0.2, 0) is 16.4 Å². The first kappa shape index (κ1) is 19.8. The number of benzene rings is 1. The van der Waals surface area contributed by atoms with E-state index >= 15 is 0 Å². The van der Waals surface area contributed by atoms with E-state index in [1.165, 1.54) is 5.56 Å². The Morgan fingerprint density at radius 3 is 2.48 bits per heavy atom. The van der Waals surface area contributed by atoms with Crippen molar-refractivity contribution in [2.75, 3.05) is 17.5 Å². The number of hydrogen-bond donors (Lipinski definition) is 2. The minimum absolute atomic E-state index is 0.0682. The van der Waals surface area contributed by atoms with E-state index in [0.29, 0.717) is 11.7 Å². The van der Waals surface area contributed by atoms with Gasteiger partial charge in [-0.3, -0.25) is 4.72 Å². The second-order valence-corrected chi connectivity index (χ2v) is 8.72. The lowest BCUT2D eigenvalue weighted by Crippen LogP contribution is -2.37. The summed E-state index contributed by atoms with van der Waals surface area (Å²) in [5, 5.41) is 7.80. The lowest BCUT2D eigenvalue weighted by atomic mass is 10.1. The van der Waals surface area contributed by atoms with E-state index < -0.39 is 10.0 Å². The summed E-state index contributed by atoms with van der Waals surface area (Å²) in [4.78, 5) is 0. The van der Waals surface area contributed by atoms with Crippen molar-refractivity contribution < 1.29 is 13.2 Å². The van der Waals surface area contributed by atoms with Crippen LogP contribution in [0.5, 0.6) is 5.75 Å². The Bertz CT molecular complexity index is 728. The Kier molecular flexibility index (Phi) is 7.28. The molecule has 2 unspecified atom stereocenters. The molecule has 0 saturated carbocycles. The van der Waals surface area contributed by atoms with E-state index in [0.717, 1.165) is 31.4 Å². The molecular weight excluding hydrogens is 356 g/mol. The molecule has 1 heterocycles.